The predicted molar refractivity (Wildman–Crippen MR) is 103 cm³/mol. The van der Waals surface area contributed by atoms with E-state index in [-0.39, 0.29) is 0 Å². The lowest BCUT2D eigenvalue weighted by atomic mass is 9.98. The lowest BCUT2D eigenvalue weighted by Gasteiger charge is -2.15. The molecule has 3 nitrogen and oxygen atoms in total. The molecule has 130 valence electrons. The summed E-state index contributed by atoms with van der Waals surface area (Å²) < 4.78 is 8.19. The summed E-state index contributed by atoms with van der Waals surface area (Å²) in [5.74, 6) is 1.49. The maximum absolute atomic E-state index is 11.2. The first-order valence-electron chi connectivity index (χ1n) is 8.99. The van der Waals surface area contributed by atoms with Gasteiger partial charge in [0.2, 0.25) is 0 Å². The molecular weight excluding hydrogens is 310 g/mol. The molecular formula is C22H25NO2. The summed E-state index contributed by atoms with van der Waals surface area (Å²) in [6, 6.07) is 16.3. The topological polar surface area (TPSA) is 31.2 Å². The molecule has 1 aromatic heterocycles. The molecule has 25 heavy (non-hydrogen) atoms. The van der Waals surface area contributed by atoms with Gasteiger partial charge >= 0.3 is 0 Å². The zero-order valence-electron chi connectivity index (χ0n) is 14.9. The molecule has 1 heterocycles. The quantitative estimate of drug-likeness (QED) is 0.405. The van der Waals surface area contributed by atoms with E-state index >= 15 is 0 Å². The molecule has 2 aromatic carbocycles. The van der Waals surface area contributed by atoms with Gasteiger partial charge in [-0.05, 0) is 36.5 Å². The van der Waals surface area contributed by atoms with Crippen LogP contribution in [0.15, 0.2) is 54.7 Å². The molecule has 0 aliphatic carbocycles. The SMILES string of the molecule is CCC(C)c1ccccc1OCCCn1cc(C=O)c2ccccc21. The first kappa shape index (κ1) is 17.3. The van der Waals surface area contributed by atoms with Gasteiger partial charge in [0.15, 0.2) is 6.29 Å². The highest BCUT2D eigenvalue weighted by Crippen LogP contribution is 2.28. The van der Waals surface area contributed by atoms with Crippen LogP contribution in [-0.2, 0) is 6.54 Å². The van der Waals surface area contributed by atoms with Crippen molar-refractivity contribution in [3.63, 3.8) is 0 Å². The normalized spacial score (nSPS) is 12.2. The molecule has 0 fully saturated rings. The molecule has 3 heteroatoms. The average molecular weight is 335 g/mol. The Bertz CT molecular complexity index is 850. The third-order valence-corrected chi connectivity index (χ3v) is 4.81. The van der Waals surface area contributed by atoms with Crippen LogP contribution < -0.4 is 4.74 Å². The van der Waals surface area contributed by atoms with Crippen molar-refractivity contribution < 1.29 is 9.53 Å². The summed E-state index contributed by atoms with van der Waals surface area (Å²) in [5, 5.41) is 1.01. The summed E-state index contributed by atoms with van der Waals surface area (Å²) >= 11 is 0. The van der Waals surface area contributed by atoms with Crippen LogP contribution in [-0.4, -0.2) is 17.5 Å². The fraction of sp³-hybridized carbons (Fsp3) is 0.318. The molecule has 0 saturated heterocycles. The van der Waals surface area contributed by atoms with Crippen LogP contribution >= 0.6 is 0 Å². The molecule has 0 saturated carbocycles. The second-order valence-electron chi connectivity index (χ2n) is 6.46. The van der Waals surface area contributed by atoms with Crippen LogP contribution in [0.1, 0.15) is 48.5 Å². The molecule has 0 spiro atoms. The summed E-state index contributed by atoms with van der Waals surface area (Å²) in [5.41, 5.74) is 3.13. The number of benzene rings is 2. The molecule has 0 aliphatic heterocycles. The third kappa shape index (κ3) is 3.76. The first-order chi connectivity index (χ1) is 12.2. The van der Waals surface area contributed by atoms with Gasteiger partial charge in [-0.15, -0.1) is 0 Å². The first-order valence-corrected chi connectivity index (χ1v) is 8.99. The van der Waals surface area contributed by atoms with Gasteiger partial charge in [-0.25, -0.2) is 0 Å². The van der Waals surface area contributed by atoms with Crippen molar-refractivity contribution in [2.45, 2.75) is 39.2 Å². The van der Waals surface area contributed by atoms with E-state index in [4.69, 9.17) is 4.74 Å². The van der Waals surface area contributed by atoms with Crippen LogP contribution in [0.5, 0.6) is 5.75 Å². The van der Waals surface area contributed by atoms with Crippen molar-refractivity contribution in [2.75, 3.05) is 6.61 Å². The fourth-order valence-corrected chi connectivity index (χ4v) is 3.21. The summed E-state index contributed by atoms with van der Waals surface area (Å²) in [4.78, 5) is 11.2. The van der Waals surface area contributed by atoms with Crippen molar-refractivity contribution in [1.82, 2.24) is 4.57 Å². The second-order valence-corrected chi connectivity index (χ2v) is 6.46. The minimum Gasteiger partial charge on any atom is -0.493 e. The molecule has 3 rings (SSSR count). The molecule has 0 amide bonds. The minimum atomic E-state index is 0.500. The van der Waals surface area contributed by atoms with Gasteiger partial charge < -0.3 is 9.30 Å². The van der Waals surface area contributed by atoms with E-state index in [0.717, 1.165) is 47.9 Å². The largest absolute Gasteiger partial charge is 0.493 e. The Kier molecular flexibility index (Phi) is 5.54. The molecule has 1 unspecified atom stereocenters. The van der Waals surface area contributed by atoms with Crippen molar-refractivity contribution in [1.29, 1.82) is 0 Å². The maximum atomic E-state index is 11.2. The van der Waals surface area contributed by atoms with Gasteiger partial charge in [-0.3, -0.25) is 4.79 Å². The van der Waals surface area contributed by atoms with E-state index in [1.807, 2.05) is 30.5 Å². The second kappa shape index (κ2) is 8.02. The number of ether oxygens (including phenoxy) is 1. The highest BCUT2D eigenvalue weighted by molar-refractivity contribution is 5.97. The zero-order valence-corrected chi connectivity index (χ0v) is 14.9. The van der Waals surface area contributed by atoms with Gasteiger partial charge in [0.25, 0.3) is 0 Å². The summed E-state index contributed by atoms with van der Waals surface area (Å²) in [6.07, 6.45) is 4.86. The van der Waals surface area contributed by atoms with E-state index < -0.39 is 0 Å². The number of hydrogen-bond donors (Lipinski definition) is 0. The summed E-state index contributed by atoms with van der Waals surface area (Å²) in [7, 11) is 0. The Hall–Kier alpha value is -2.55. The number of aryl methyl sites for hydroxylation is 1. The number of para-hydroxylation sites is 2. The van der Waals surface area contributed by atoms with Crippen molar-refractivity contribution in [3.8, 4) is 5.75 Å². The molecule has 0 aliphatic rings. The fourth-order valence-electron chi connectivity index (χ4n) is 3.21. The minimum absolute atomic E-state index is 0.500. The van der Waals surface area contributed by atoms with Gasteiger partial charge in [0.1, 0.15) is 5.75 Å². The molecule has 0 bridgehead atoms. The molecule has 3 aromatic rings. The zero-order chi connectivity index (χ0) is 17.6. The van der Waals surface area contributed by atoms with Crippen LogP contribution in [0.4, 0.5) is 0 Å². The Labute approximate surface area is 149 Å². The Morgan fingerprint density at radius 1 is 1.12 bits per heavy atom. The van der Waals surface area contributed by atoms with Crippen molar-refractivity contribution in [3.05, 3.63) is 65.9 Å². The van der Waals surface area contributed by atoms with Crippen LogP contribution in [0.2, 0.25) is 0 Å². The average Bonchev–Trinajstić information content (AvgIpc) is 3.03. The molecule has 1 atom stereocenters. The number of carbonyl (C=O) groups is 1. The van der Waals surface area contributed by atoms with Gasteiger partial charge in [-0.2, -0.15) is 0 Å². The van der Waals surface area contributed by atoms with E-state index in [1.54, 1.807) is 0 Å². The number of fused-ring (bicyclic) bond motifs is 1. The molecule has 0 N–H and O–H groups in total. The lowest BCUT2D eigenvalue weighted by Crippen LogP contribution is -2.06. The Morgan fingerprint density at radius 3 is 2.68 bits per heavy atom. The van der Waals surface area contributed by atoms with E-state index in [0.29, 0.717) is 12.5 Å². The highest BCUT2D eigenvalue weighted by Gasteiger charge is 2.10. The van der Waals surface area contributed by atoms with Gasteiger partial charge in [0.05, 0.1) is 6.61 Å². The number of hydrogen-bond acceptors (Lipinski definition) is 2. The van der Waals surface area contributed by atoms with Crippen molar-refractivity contribution in [2.24, 2.45) is 0 Å². The maximum Gasteiger partial charge on any atom is 0.152 e. The summed E-state index contributed by atoms with van der Waals surface area (Å²) in [6.45, 7) is 5.93. The Balaban J connectivity index is 1.64. The number of aromatic nitrogens is 1. The highest BCUT2D eigenvalue weighted by atomic mass is 16.5. The Morgan fingerprint density at radius 2 is 1.88 bits per heavy atom. The van der Waals surface area contributed by atoms with E-state index in [1.165, 1.54) is 5.56 Å². The number of rotatable bonds is 8. The van der Waals surface area contributed by atoms with E-state index in [2.05, 4.69) is 42.7 Å². The third-order valence-electron chi connectivity index (χ3n) is 4.81. The number of nitrogens with zero attached hydrogens (tertiary/aromatic N) is 1. The standard InChI is InChI=1S/C22H25NO2/c1-3-17(2)19-9-5-7-12-22(19)25-14-8-13-23-15-18(16-24)20-10-4-6-11-21(20)23/h4-7,9-12,15-17H,3,8,13-14H2,1-2H3. The van der Waals surface area contributed by atoms with Crippen LogP contribution in [0.25, 0.3) is 10.9 Å². The van der Waals surface area contributed by atoms with Crippen LogP contribution in [0.3, 0.4) is 0 Å². The number of carbonyl (C=O) groups excluding carboxylic acids is 1. The lowest BCUT2D eigenvalue weighted by molar-refractivity contribution is 0.112. The van der Waals surface area contributed by atoms with Crippen LogP contribution in [0, 0.1) is 0 Å². The smallest absolute Gasteiger partial charge is 0.152 e. The number of aldehydes is 1. The van der Waals surface area contributed by atoms with Gasteiger partial charge in [0, 0.05) is 29.2 Å². The predicted octanol–water partition coefficient (Wildman–Crippen LogP) is 5.44. The van der Waals surface area contributed by atoms with E-state index in [9.17, 15) is 4.79 Å². The monoisotopic (exact) mass is 335 g/mol. The molecule has 0 radical (unpaired) electrons. The van der Waals surface area contributed by atoms with Crippen molar-refractivity contribution >= 4 is 17.2 Å². The van der Waals surface area contributed by atoms with Gasteiger partial charge in [-0.1, -0.05) is 50.2 Å².